The highest BCUT2D eigenvalue weighted by Crippen LogP contribution is 2.33. The van der Waals surface area contributed by atoms with E-state index >= 15 is 0 Å². The Kier molecular flexibility index (Phi) is 4.96. The number of ketones is 1. The normalized spacial score (nSPS) is 10.8. The second kappa shape index (κ2) is 7.72. The Morgan fingerprint density at radius 2 is 1.72 bits per heavy atom. The highest BCUT2D eigenvalue weighted by Gasteiger charge is 2.22. The predicted octanol–water partition coefficient (Wildman–Crippen LogP) is 4.65. The van der Waals surface area contributed by atoms with Crippen molar-refractivity contribution in [1.82, 2.24) is 4.40 Å². The van der Waals surface area contributed by atoms with Crippen molar-refractivity contribution in [2.24, 2.45) is 0 Å². The number of methoxy groups -OCH3 is 1. The Bertz CT molecular complexity index is 1160. The summed E-state index contributed by atoms with van der Waals surface area (Å²) in [5.74, 6) is 1.25. The number of rotatable bonds is 6. The minimum absolute atomic E-state index is 0.0963. The second-order valence-electron chi connectivity index (χ2n) is 6.85. The van der Waals surface area contributed by atoms with Crippen LogP contribution in [0.25, 0.3) is 5.52 Å². The van der Waals surface area contributed by atoms with Crippen LogP contribution >= 0.6 is 0 Å². The van der Waals surface area contributed by atoms with Crippen LogP contribution in [0.3, 0.4) is 0 Å². The summed E-state index contributed by atoms with van der Waals surface area (Å²) < 4.78 is 13.4. The SMILES string of the molecule is COc1c(C)c(C(=O)c2ccc(N)cc2)n2cc(OCc3ccccc3)ccc12. The second-order valence-corrected chi connectivity index (χ2v) is 6.85. The summed E-state index contributed by atoms with van der Waals surface area (Å²) in [7, 11) is 1.61. The topological polar surface area (TPSA) is 66.0 Å². The van der Waals surface area contributed by atoms with Gasteiger partial charge in [-0.1, -0.05) is 30.3 Å². The van der Waals surface area contributed by atoms with Gasteiger partial charge in [-0.2, -0.15) is 0 Å². The number of carbonyl (C=O) groups excluding carboxylic acids is 1. The minimum atomic E-state index is -0.0963. The molecule has 0 aliphatic rings. The molecule has 0 atom stereocenters. The van der Waals surface area contributed by atoms with Gasteiger partial charge in [0, 0.05) is 16.8 Å². The summed E-state index contributed by atoms with van der Waals surface area (Å²) in [5.41, 5.74) is 10.2. The van der Waals surface area contributed by atoms with Gasteiger partial charge in [-0.25, -0.2) is 0 Å². The molecule has 0 radical (unpaired) electrons. The Hall–Kier alpha value is -3.73. The lowest BCUT2D eigenvalue weighted by Crippen LogP contribution is -2.07. The average molecular weight is 386 g/mol. The molecule has 2 N–H and O–H groups in total. The first kappa shape index (κ1) is 18.6. The van der Waals surface area contributed by atoms with Crippen LogP contribution in [0.5, 0.6) is 11.5 Å². The molecule has 5 nitrogen and oxygen atoms in total. The Labute approximate surface area is 169 Å². The van der Waals surface area contributed by atoms with Crippen LogP contribution in [0.2, 0.25) is 0 Å². The lowest BCUT2D eigenvalue weighted by Gasteiger charge is -2.09. The van der Waals surface area contributed by atoms with E-state index in [4.69, 9.17) is 15.2 Å². The van der Waals surface area contributed by atoms with Gasteiger partial charge < -0.3 is 19.6 Å². The number of ether oxygens (including phenoxy) is 2. The number of pyridine rings is 1. The smallest absolute Gasteiger partial charge is 0.210 e. The first-order chi connectivity index (χ1) is 14.1. The van der Waals surface area contributed by atoms with Crippen molar-refractivity contribution in [2.75, 3.05) is 12.8 Å². The zero-order valence-electron chi connectivity index (χ0n) is 16.4. The van der Waals surface area contributed by atoms with Crippen molar-refractivity contribution in [2.45, 2.75) is 13.5 Å². The van der Waals surface area contributed by atoms with Crippen molar-refractivity contribution >= 4 is 17.0 Å². The molecule has 0 bridgehead atoms. The van der Waals surface area contributed by atoms with E-state index < -0.39 is 0 Å². The van der Waals surface area contributed by atoms with Crippen LogP contribution in [-0.2, 0) is 6.61 Å². The maximum Gasteiger partial charge on any atom is 0.210 e. The van der Waals surface area contributed by atoms with Crippen molar-refractivity contribution in [3.8, 4) is 11.5 Å². The third-order valence-corrected chi connectivity index (χ3v) is 4.93. The number of nitrogens with two attached hydrogens (primary N) is 1. The van der Waals surface area contributed by atoms with Gasteiger partial charge in [0.25, 0.3) is 0 Å². The first-order valence-corrected chi connectivity index (χ1v) is 9.34. The van der Waals surface area contributed by atoms with E-state index in [9.17, 15) is 4.79 Å². The number of fused-ring (bicyclic) bond motifs is 1. The molecule has 0 saturated carbocycles. The Balaban J connectivity index is 1.75. The third kappa shape index (κ3) is 3.55. The van der Waals surface area contributed by atoms with Crippen molar-refractivity contribution < 1.29 is 14.3 Å². The summed E-state index contributed by atoms with van der Waals surface area (Å²) in [4.78, 5) is 13.3. The number of carbonyl (C=O) groups is 1. The predicted molar refractivity (Wildman–Crippen MR) is 114 cm³/mol. The maximum atomic E-state index is 13.3. The van der Waals surface area contributed by atoms with E-state index in [0.717, 1.165) is 16.6 Å². The highest BCUT2D eigenvalue weighted by molar-refractivity contribution is 6.10. The molecule has 0 unspecified atom stereocenters. The molecular weight excluding hydrogens is 364 g/mol. The van der Waals surface area contributed by atoms with Crippen molar-refractivity contribution in [1.29, 1.82) is 0 Å². The fourth-order valence-electron chi connectivity index (χ4n) is 3.47. The zero-order chi connectivity index (χ0) is 20.4. The van der Waals surface area contributed by atoms with Crippen molar-refractivity contribution in [3.05, 3.63) is 95.3 Å². The van der Waals surface area contributed by atoms with Crippen LogP contribution in [0.15, 0.2) is 72.9 Å². The average Bonchev–Trinajstić information content (AvgIpc) is 3.03. The zero-order valence-corrected chi connectivity index (χ0v) is 16.4. The molecule has 4 rings (SSSR count). The van der Waals surface area contributed by atoms with Crippen LogP contribution in [-0.4, -0.2) is 17.3 Å². The van der Waals surface area contributed by atoms with E-state index in [2.05, 4.69) is 0 Å². The van der Waals surface area contributed by atoms with E-state index in [-0.39, 0.29) is 5.78 Å². The van der Waals surface area contributed by atoms with Crippen LogP contribution in [0, 0.1) is 6.92 Å². The first-order valence-electron chi connectivity index (χ1n) is 9.34. The van der Waals surface area contributed by atoms with E-state index in [0.29, 0.717) is 35.1 Å². The molecule has 0 spiro atoms. The van der Waals surface area contributed by atoms with E-state index in [1.54, 1.807) is 31.4 Å². The number of nitrogen functional groups attached to an aromatic ring is 1. The molecule has 146 valence electrons. The molecule has 29 heavy (non-hydrogen) atoms. The largest absolute Gasteiger partial charge is 0.494 e. The van der Waals surface area contributed by atoms with Gasteiger partial charge in [0.15, 0.2) is 0 Å². The quantitative estimate of drug-likeness (QED) is 0.387. The molecule has 4 aromatic rings. The molecule has 0 aliphatic heterocycles. The van der Waals surface area contributed by atoms with E-state index in [1.807, 2.05) is 60.0 Å². The number of hydrogen-bond donors (Lipinski definition) is 1. The standard InChI is InChI=1S/C24H22N2O3/c1-16-22(23(27)18-8-10-19(25)11-9-18)26-14-20(12-13-21(26)24(16)28-2)29-15-17-6-4-3-5-7-17/h3-14H,15,25H2,1-2H3. The van der Waals surface area contributed by atoms with Crippen LogP contribution in [0.1, 0.15) is 27.2 Å². The highest BCUT2D eigenvalue weighted by atomic mass is 16.5. The third-order valence-electron chi connectivity index (χ3n) is 4.93. The number of nitrogens with zero attached hydrogens (tertiary/aromatic N) is 1. The van der Waals surface area contributed by atoms with Gasteiger partial charge >= 0.3 is 0 Å². The van der Waals surface area contributed by atoms with Gasteiger partial charge in [-0.3, -0.25) is 4.79 Å². The monoisotopic (exact) mass is 386 g/mol. The van der Waals surface area contributed by atoms with Gasteiger partial charge in [-0.15, -0.1) is 0 Å². The van der Waals surface area contributed by atoms with Gasteiger partial charge in [0.1, 0.15) is 23.8 Å². The van der Waals surface area contributed by atoms with Crippen LogP contribution < -0.4 is 15.2 Å². The molecule has 2 heterocycles. The van der Waals surface area contributed by atoms with Crippen molar-refractivity contribution in [3.63, 3.8) is 0 Å². The summed E-state index contributed by atoms with van der Waals surface area (Å²) in [6.07, 6.45) is 1.83. The van der Waals surface area contributed by atoms with Crippen LogP contribution in [0.4, 0.5) is 5.69 Å². The summed E-state index contributed by atoms with van der Waals surface area (Å²) in [6, 6.07) is 20.7. The Morgan fingerprint density at radius 1 is 1.00 bits per heavy atom. The fraction of sp³-hybridized carbons (Fsp3) is 0.125. The van der Waals surface area contributed by atoms with Gasteiger partial charge in [0.05, 0.1) is 18.8 Å². The van der Waals surface area contributed by atoms with Gasteiger partial charge in [-0.05, 0) is 48.9 Å². The minimum Gasteiger partial charge on any atom is -0.494 e. The molecule has 0 amide bonds. The molecule has 0 aliphatic carbocycles. The lowest BCUT2D eigenvalue weighted by atomic mass is 10.1. The molecule has 5 heteroatoms. The van der Waals surface area contributed by atoms with E-state index in [1.165, 1.54) is 0 Å². The maximum absolute atomic E-state index is 13.3. The number of hydrogen-bond acceptors (Lipinski definition) is 4. The number of benzene rings is 2. The lowest BCUT2D eigenvalue weighted by molar-refractivity contribution is 0.103. The molecule has 0 saturated heterocycles. The molecule has 0 fully saturated rings. The molecule has 2 aromatic carbocycles. The number of anilines is 1. The summed E-state index contributed by atoms with van der Waals surface area (Å²) in [6.45, 7) is 2.34. The summed E-state index contributed by atoms with van der Waals surface area (Å²) >= 11 is 0. The number of aromatic nitrogens is 1. The molecular formula is C24H22N2O3. The fourth-order valence-corrected chi connectivity index (χ4v) is 3.47. The van der Waals surface area contributed by atoms with Gasteiger partial charge in [0.2, 0.25) is 5.78 Å². The summed E-state index contributed by atoms with van der Waals surface area (Å²) in [5, 5.41) is 0. The molecule has 2 aromatic heterocycles. The Morgan fingerprint density at radius 3 is 2.41 bits per heavy atom.